The van der Waals surface area contributed by atoms with Crippen LogP contribution in [0, 0.1) is 0 Å². The Morgan fingerprint density at radius 3 is 1.16 bits per heavy atom. The van der Waals surface area contributed by atoms with Gasteiger partial charge in [0.05, 0.1) is 0 Å². The molecule has 4 heterocycles. The number of hydrogen-bond acceptors (Lipinski definition) is 0. The van der Waals surface area contributed by atoms with E-state index >= 15 is 0 Å². The predicted octanol–water partition coefficient (Wildman–Crippen LogP) is 12.5. The Bertz CT molecular complexity index is 4410. The van der Waals surface area contributed by atoms with Crippen LogP contribution in [0.15, 0.2) is 267 Å². The third kappa shape index (κ3) is 5.48. The van der Waals surface area contributed by atoms with E-state index in [1.54, 1.807) is 17.6 Å². The molecule has 0 unspecified atom stereocenters. The van der Waals surface area contributed by atoms with Crippen LogP contribution in [0.3, 0.4) is 0 Å². The molecule has 0 saturated carbocycles. The van der Waals surface area contributed by atoms with Crippen molar-refractivity contribution in [1.29, 1.82) is 0 Å². The van der Waals surface area contributed by atoms with Gasteiger partial charge in [-0.1, -0.05) is 127 Å². The monoisotopic (exact) mass is 1040 g/mol. The summed E-state index contributed by atoms with van der Waals surface area (Å²) in [7, 11) is -2.35. The number of rotatable bonds is 2. The fraction of sp³-hybridized carbons (Fsp3) is 0.0270. The van der Waals surface area contributed by atoms with E-state index in [0.717, 1.165) is 12.8 Å². The molecule has 0 aromatic heterocycles. The van der Waals surface area contributed by atoms with Crippen molar-refractivity contribution in [3.05, 3.63) is 289 Å². The molecule has 18 rings (SSSR count). The summed E-state index contributed by atoms with van der Waals surface area (Å²) in [5.74, 6) is 0. The molecule has 12 aromatic carbocycles. The SMILES string of the molecule is c1ccc2c(c1)Cc1c(-c3ccc4c(c3)-c3ccccc3[Si]43c4ccccc4-c4ccccc43)cccc1-2.c1ccc2c(c1)Cc1c-2cccc1-c1ccc[c]2c1-c1cccc[c]1[Ge]21[c]2ccccc2-c2cccc[c]21. The first kappa shape index (κ1) is 42.7. The van der Waals surface area contributed by atoms with Gasteiger partial charge < -0.3 is 0 Å². The predicted molar refractivity (Wildman–Crippen MR) is 323 cm³/mol. The maximum atomic E-state index is 2.50. The third-order valence-electron chi connectivity index (χ3n) is 18.3. The van der Waals surface area contributed by atoms with Crippen LogP contribution in [0.25, 0.3) is 89.0 Å². The van der Waals surface area contributed by atoms with Gasteiger partial charge in [-0.25, -0.2) is 0 Å². The first-order chi connectivity index (χ1) is 37.7. The molecule has 12 aromatic rings. The molecule has 0 fully saturated rings. The molecule has 352 valence electrons. The van der Waals surface area contributed by atoms with Crippen molar-refractivity contribution in [2.75, 3.05) is 0 Å². The van der Waals surface area contributed by atoms with Gasteiger partial charge in [-0.15, -0.1) is 0 Å². The zero-order valence-electron chi connectivity index (χ0n) is 41.8. The van der Waals surface area contributed by atoms with Gasteiger partial charge >= 0.3 is 226 Å². The zero-order chi connectivity index (χ0) is 49.7. The fourth-order valence-corrected chi connectivity index (χ4v) is 32.9. The second kappa shape index (κ2) is 16.0. The number of fused-ring (bicyclic) bond motifs is 26. The van der Waals surface area contributed by atoms with E-state index in [4.69, 9.17) is 0 Å². The van der Waals surface area contributed by atoms with Gasteiger partial charge in [0, 0.05) is 0 Å². The molecular formula is C74H48GeSi. The van der Waals surface area contributed by atoms with Crippen LogP contribution in [-0.4, -0.2) is 21.3 Å². The standard InChI is InChI=1S/C37H24Ge.C37H24Si/c1-2-12-25-24(11-1)23-32-26(25)16-9-17-27(32)30-18-10-22-36-37(30)31-15-5-8-21-35(31)38(36)33-19-6-3-13-28(33)29-14-4-7-20-34(29)38;1-2-11-26-24(10-1)22-32-27(15-9-16-28(26)32)25-20-21-37-33(23-25)31-14-5-8-19-36(31)38(37)34-17-6-3-12-29(34)30-13-4-7-18-35(30)38/h1-22H,23H2;1-21,23H,22H2. The summed E-state index contributed by atoms with van der Waals surface area (Å²) in [6, 6.07) is 102. The van der Waals surface area contributed by atoms with E-state index < -0.39 is 21.3 Å². The Kier molecular flexibility index (Phi) is 8.97. The van der Waals surface area contributed by atoms with Crippen LogP contribution >= 0.6 is 0 Å². The van der Waals surface area contributed by atoms with E-state index in [1.165, 1.54) is 132 Å². The topological polar surface area (TPSA) is 0 Å². The number of benzene rings is 12. The molecular weight excluding hydrogens is 990 g/mol. The summed E-state index contributed by atoms with van der Waals surface area (Å²) < 4.78 is 6.35. The normalized spacial score (nSPS) is 14.4. The summed E-state index contributed by atoms with van der Waals surface area (Å²) in [6.07, 6.45) is 2.01. The molecule has 0 atom stereocenters. The summed E-state index contributed by atoms with van der Waals surface area (Å²) >= 11 is -3.14. The third-order valence-corrected chi connectivity index (χ3v) is 33.7. The summed E-state index contributed by atoms with van der Waals surface area (Å²) in [6.45, 7) is 0. The Hall–Kier alpha value is -8.60. The molecule has 2 spiro atoms. The van der Waals surface area contributed by atoms with Gasteiger partial charge in [-0.05, 0) is 88.9 Å². The van der Waals surface area contributed by atoms with Crippen LogP contribution in [0.1, 0.15) is 22.3 Å². The van der Waals surface area contributed by atoms with Crippen LogP contribution < -0.4 is 38.3 Å². The van der Waals surface area contributed by atoms with Crippen LogP contribution in [-0.2, 0) is 12.8 Å². The average molecular weight is 1040 g/mol. The molecule has 0 saturated heterocycles. The molecule has 0 amide bonds. The van der Waals surface area contributed by atoms with Crippen LogP contribution in [0.5, 0.6) is 0 Å². The summed E-state index contributed by atoms with van der Waals surface area (Å²) in [5.41, 5.74) is 28.3. The van der Waals surface area contributed by atoms with E-state index in [1.807, 2.05) is 0 Å². The van der Waals surface area contributed by atoms with Crippen molar-refractivity contribution in [2.45, 2.75) is 12.8 Å². The molecule has 0 bridgehead atoms. The van der Waals surface area contributed by atoms with Crippen LogP contribution in [0.2, 0.25) is 0 Å². The van der Waals surface area contributed by atoms with Gasteiger partial charge in [-0.2, -0.15) is 0 Å². The second-order valence-corrected chi connectivity index (χ2v) is 32.9. The van der Waals surface area contributed by atoms with Crippen molar-refractivity contribution >= 4 is 59.7 Å². The van der Waals surface area contributed by atoms with Crippen molar-refractivity contribution in [3.8, 4) is 89.0 Å². The molecule has 0 nitrogen and oxygen atoms in total. The molecule has 2 aliphatic carbocycles. The fourth-order valence-electron chi connectivity index (χ4n) is 15.5. The van der Waals surface area contributed by atoms with Gasteiger partial charge in [-0.3, -0.25) is 0 Å². The van der Waals surface area contributed by atoms with Crippen molar-refractivity contribution < 1.29 is 0 Å². The Balaban J connectivity index is 0.000000124. The Morgan fingerprint density at radius 1 is 0.237 bits per heavy atom. The van der Waals surface area contributed by atoms with Gasteiger partial charge in [0.25, 0.3) is 0 Å². The second-order valence-electron chi connectivity index (χ2n) is 21.6. The first-order valence-electron chi connectivity index (χ1n) is 27.0. The first-order valence-corrected chi connectivity index (χ1v) is 33.2. The van der Waals surface area contributed by atoms with Crippen molar-refractivity contribution in [1.82, 2.24) is 0 Å². The van der Waals surface area contributed by atoms with E-state index in [2.05, 4.69) is 267 Å². The molecule has 2 heteroatoms. The minimum atomic E-state index is -3.14. The Morgan fingerprint density at radius 2 is 0.592 bits per heavy atom. The summed E-state index contributed by atoms with van der Waals surface area (Å²) in [5, 5.41) is 6.15. The average Bonchev–Trinajstić information content (AvgIpc) is 4.45. The van der Waals surface area contributed by atoms with Gasteiger partial charge in [0.1, 0.15) is 0 Å². The summed E-state index contributed by atoms with van der Waals surface area (Å²) in [4.78, 5) is 0. The van der Waals surface area contributed by atoms with Crippen molar-refractivity contribution in [3.63, 3.8) is 0 Å². The molecule has 76 heavy (non-hydrogen) atoms. The van der Waals surface area contributed by atoms with Crippen molar-refractivity contribution in [2.24, 2.45) is 0 Å². The van der Waals surface area contributed by atoms with Gasteiger partial charge in [0.2, 0.25) is 0 Å². The molecule has 0 N–H and O–H groups in total. The van der Waals surface area contributed by atoms with E-state index in [-0.39, 0.29) is 0 Å². The Labute approximate surface area is 447 Å². The molecule has 4 aliphatic heterocycles. The van der Waals surface area contributed by atoms with E-state index in [9.17, 15) is 0 Å². The maximum absolute atomic E-state index is 3.14. The quantitative estimate of drug-likeness (QED) is 0.151. The number of hydrogen-bond donors (Lipinski definition) is 0. The molecule has 0 radical (unpaired) electrons. The van der Waals surface area contributed by atoms with Crippen LogP contribution in [0.4, 0.5) is 0 Å². The van der Waals surface area contributed by atoms with E-state index in [0.29, 0.717) is 0 Å². The zero-order valence-corrected chi connectivity index (χ0v) is 44.9. The minimum absolute atomic E-state index is 1.01. The van der Waals surface area contributed by atoms with Gasteiger partial charge in [0.15, 0.2) is 8.07 Å². The molecule has 6 aliphatic rings.